The van der Waals surface area contributed by atoms with E-state index in [9.17, 15) is 4.79 Å². The second kappa shape index (κ2) is 6.08. The van der Waals surface area contributed by atoms with Gasteiger partial charge in [0.15, 0.2) is 0 Å². The zero-order valence-electron chi connectivity index (χ0n) is 12.5. The highest BCUT2D eigenvalue weighted by molar-refractivity contribution is 5.83. The lowest BCUT2D eigenvalue weighted by atomic mass is 9.75. The fourth-order valence-corrected chi connectivity index (χ4v) is 3.16. The maximum atomic E-state index is 12.1. The second-order valence-corrected chi connectivity index (χ2v) is 6.45. The van der Waals surface area contributed by atoms with Gasteiger partial charge >= 0.3 is 5.97 Å². The number of ether oxygens (including phenoxy) is 2. The van der Waals surface area contributed by atoms with E-state index in [1.165, 1.54) is 12.8 Å². The minimum Gasteiger partial charge on any atom is -0.461 e. The molecule has 0 amide bonds. The standard InChI is InChI=1S/C16H26O3/c1-10(2)13-6-5-11(3)7-15(13)19-16(17)14-8-12(14)9-18-4/h8,10-11,13-15H,5-7,9H2,1-4H3/t11-,13+,14+,15-/m0/s1. The van der Waals surface area contributed by atoms with Gasteiger partial charge in [-0.2, -0.15) is 0 Å². The Morgan fingerprint density at radius 3 is 2.79 bits per heavy atom. The van der Waals surface area contributed by atoms with Crippen LogP contribution in [0.1, 0.15) is 40.0 Å². The van der Waals surface area contributed by atoms with Crippen molar-refractivity contribution < 1.29 is 14.3 Å². The third kappa shape index (κ3) is 3.59. The highest BCUT2D eigenvalue weighted by Gasteiger charge is 2.38. The molecule has 0 saturated heterocycles. The van der Waals surface area contributed by atoms with Gasteiger partial charge < -0.3 is 9.47 Å². The quantitative estimate of drug-likeness (QED) is 0.566. The molecule has 0 radical (unpaired) electrons. The summed E-state index contributed by atoms with van der Waals surface area (Å²) in [5, 5.41) is 0. The highest BCUT2D eigenvalue weighted by Crippen LogP contribution is 2.37. The van der Waals surface area contributed by atoms with E-state index >= 15 is 0 Å². The molecule has 0 unspecified atom stereocenters. The Labute approximate surface area is 116 Å². The number of carbonyl (C=O) groups excluding carboxylic acids is 1. The number of carbonyl (C=O) groups is 1. The van der Waals surface area contributed by atoms with Gasteiger partial charge in [0.1, 0.15) is 6.10 Å². The molecule has 0 aromatic heterocycles. The maximum absolute atomic E-state index is 12.1. The molecular weight excluding hydrogens is 240 g/mol. The van der Waals surface area contributed by atoms with Crippen LogP contribution in [0.15, 0.2) is 11.6 Å². The summed E-state index contributed by atoms with van der Waals surface area (Å²) in [6, 6.07) is 0. The number of hydrogen-bond donors (Lipinski definition) is 0. The molecule has 0 N–H and O–H groups in total. The van der Waals surface area contributed by atoms with Crippen molar-refractivity contribution in [1.29, 1.82) is 0 Å². The largest absolute Gasteiger partial charge is 0.461 e. The Balaban J connectivity index is 1.87. The minimum atomic E-state index is -0.106. The Bertz CT molecular complexity index is 359. The van der Waals surface area contributed by atoms with Crippen molar-refractivity contribution in [2.45, 2.75) is 46.1 Å². The van der Waals surface area contributed by atoms with E-state index in [2.05, 4.69) is 20.8 Å². The summed E-state index contributed by atoms with van der Waals surface area (Å²) in [7, 11) is 1.65. The predicted molar refractivity (Wildman–Crippen MR) is 74.7 cm³/mol. The minimum absolute atomic E-state index is 0.0724. The molecule has 0 aliphatic heterocycles. The molecule has 0 aromatic carbocycles. The Morgan fingerprint density at radius 2 is 2.16 bits per heavy atom. The summed E-state index contributed by atoms with van der Waals surface area (Å²) in [6.07, 6.45) is 5.51. The van der Waals surface area contributed by atoms with E-state index in [0.29, 0.717) is 24.4 Å². The van der Waals surface area contributed by atoms with Crippen molar-refractivity contribution in [2.24, 2.45) is 23.7 Å². The van der Waals surface area contributed by atoms with Crippen LogP contribution in [0.25, 0.3) is 0 Å². The van der Waals surface area contributed by atoms with Crippen LogP contribution in [0.2, 0.25) is 0 Å². The Kier molecular flexibility index (Phi) is 4.67. The van der Waals surface area contributed by atoms with Crippen LogP contribution in [0.3, 0.4) is 0 Å². The zero-order chi connectivity index (χ0) is 14.0. The SMILES string of the molecule is COCC1=C[C@H]1C(=O)O[C@H]1C[C@@H](C)CC[C@@H]1C(C)C. The van der Waals surface area contributed by atoms with Crippen molar-refractivity contribution in [3.63, 3.8) is 0 Å². The zero-order valence-corrected chi connectivity index (χ0v) is 12.5. The van der Waals surface area contributed by atoms with Gasteiger partial charge in [0.2, 0.25) is 0 Å². The van der Waals surface area contributed by atoms with Gasteiger partial charge in [-0.25, -0.2) is 0 Å². The molecule has 1 fully saturated rings. The van der Waals surface area contributed by atoms with Crippen molar-refractivity contribution in [3.8, 4) is 0 Å². The number of esters is 1. The molecule has 2 aliphatic rings. The van der Waals surface area contributed by atoms with Gasteiger partial charge in [-0.3, -0.25) is 4.79 Å². The monoisotopic (exact) mass is 266 g/mol. The summed E-state index contributed by atoms with van der Waals surface area (Å²) in [4.78, 5) is 12.1. The first-order valence-electron chi connectivity index (χ1n) is 7.43. The van der Waals surface area contributed by atoms with Crippen LogP contribution < -0.4 is 0 Å². The summed E-state index contributed by atoms with van der Waals surface area (Å²) in [5.41, 5.74) is 1.07. The van der Waals surface area contributed by atoms with Crippen molar-refractivity contribution in [1.82, 2.24) is 0 Å². The van der Waals surface area contributed by atoms with E-state index in [-0.39, 0.29) is 18.0 Å². The lowest BCUT2D eigenvalue weighted by molar-refractivity contribution is -0.157. The van der Waals surface area contributed by atoms with E-state index in [1.807, 2.05) is 6.08 Å². The first-order valence-corrected chi connectivity index (χ1v) is 7.43. The summed E-state index contributed by atoms with van der Waals surface area (Å²) < 4.78 is 10.8. The van der Waals surface area contributed by atoms with Crippen LogP contribution in [0.5, 0.6) is 0 Å². The summed E-state index contributed by atoms with van der Waals surface area (Å²) in [6.45, 7) is 7.26. The molecule has 1 saturated carbocycles. The van der Waals surface area contributed by atoms with Gasteiger partial charge in [0.25, 0.3) is 0 Å². The van der Waals surface area contributed by atoms with Crippen LogP contribution in [0.4, 0.5) is 0 Å². The molecule has 108 valence electrons. The molecule has 0 spiro atoms. The van der Waals surface area contributed by atoms with Gasteiger partial charge in [-0.15, -0.1) is 0 Å². The normalized spacial score (nSPS) is 34.1. The van der Waals surface area contributed by atoms with E-state index in [1.54, 1.807) is 7.11 Å². The van der Waals surface area contributed by atoms with Gasteiger partial charge in [-0.05, 0) is 36.2 Å². The first-order chi connectivity index (χ1) is 9.02. The highest BCUT2D eigenvalue weighted by atomic mass is 16.5. The smallest absolute Gasteiger partial charge is 0.317 e. The fourth-order valence-electron chi connectivity index (χ4n) is 3.16. The van der Waals surface area contributed by atoms with Crippen LogP contribution in [-0.4, -0.2) is 25.8 Å². The van der Waals surface area contributed by atoms with Crippen LogP contribution in [0, 0.1) is 23.7 Å². The average molecular weight is 266 g/mol. The van der Waals surface area contributed by atoms with Crippen molar-refractivity contribution in [3.05, 3.63) is 11.6 Å². The molecule has 19 heavy (non-hydrogen) atoms. The Morgan fingerprint density at radius 1 is 1.42 bits per heavy atom. The van der Waals surface area contributed by atoms with E-state index in [4.69, 9.17) is 9.47 Å². The molecule has 2 aliphatic carbocycles. The number of rotatable bonds is 5. The molecule has 0 aromatic rings. The summed E-state index contributed by atoms with van der Waals surface area (Å²) in [5.74, 6) is 1.58. The number of hydrogen-bond acceptors (Lipinski definition) is 3. The topological polar surface area (TPSA) is 35.5 Å². The van der Waals surface area contributed by atoms with Gasteiger partial charge in [0, 0.05) is 7.11 Å². The molecule has 0 bridgehead atoms. The van der Waals surface area contributed by atoms with E-state index in [0.717, 1.165) is 12.0 Å². The lowest BCUT2D eigenvalue weighted by Gasteiger charge is -2.36. The fraction of sp³-hybridized carbons (Fsp3) is 0.812. The predicted octanol–water partition coefficient (Wildman–Crippen LogP) is 3.19. The van der Waals surface area contributed by atoms with Crippen molar-refractivity contribution in [2.75, 3.05) is 13.7 Å². The average Bonchev–Trinajstić information content (AvgIpc) is 3.08. The van der Waals surface area contributed by atoms with Crippen LogP contribution >= 0.6 is 0 Å². The molecule has 4 atom stereocenters. The summed E-state index contributed by atoms with van der Waals surface area (Å²) >= 11 is 0. The molecule has 3 nitrogen and oxygen atoms in total. The second-order valence-electron chi connectivity index (χ2n) is 6.45. The van der Waals surface area contributed by atoms with Gasteiger partial charge in [0.05, 0.1) is 12.5 Å². The lowest BCUT2D eigenvalue weighted by Crippen LogP contribution is -2.36. The molecular formula is C16H26O3. The third-order valence-electron chi connectivity index (χ3n) is 4.46. The Hall–Kier alpha value is -0.830. The number of methoxy groups -OCH3 is 1. The van der Waals surface area contributed by atoms with E-state index < -0.39 is 0 Å². The maximum Gasteiger partial charge on any atom is 0.317 e. The molecule has 3 heteroatoms. The third-order valence-corrected chi connectivity index (χ3v) is 4.46. The van der Waals surface area contributed by atoms with Crippen molar-refractivity contribution >= 4 is 5.97 Å². The first kappa shape index (κ1) is 14.6. The molecule has 0 heterocycles. The van der Waals surface area contributed by atoms with Crippen LogP contribution in [-0.2, 0) is 14.3 Å². The van der Waals surface area contributed by atoms with Gasteiger partial charge in [-0.1, -0.05) is 33.3 Å². The molecule has 2 rings (SSSR count).